The Morgan fingerprint density at radius 2 is 1.71 bits per heavy atom. The second kappa shape index (κ2) is 4.87. The summed E-state index contributed by atoms with van der Waals surface area (Å²) in [6.07, 6.45) is 15.6. The van der Waals surface area contributed by atoms with Gasteiger partial charge in [-0.2, -0.15) is 0 Å². The summed E-state index contributed by atoms with van der Waals surface area (Å²) in [6, 6.07) is 0. The van der Waals surface area contributed by atoms with Gasteiger partial charge in [-0.05, 0) is 0 Å². The zero-order valence-electron chi connectivity index (χ0n) is 8.57. The van der Waals surface area contributed by atoms with Gasteiger partial charge < -0.3 is 0 Å². The van der Waals surface area contributed by atoms with E-state index in [-0.39, 0.29) is 0 Å². The summed E-state index contributed by atoms with van der Waals surface area (Å²) in [6.45, 7) is 2.96. The molecule has 0 fully saturated rings. The molecule has 0 radical (unpaired) electrons. The molecule has 2 rings (SSSR count). The third kappa shape index (κ3) is 2.14. The third-order valence-corrected chi connectivity index (χ3v) is 8.63. The quantitative estimate of drug-likeness (QED) is 0.692. The van der Waals surface area contributed by atoms with Crippen LogP contribution >= 0.6 is 0 Å². The van der Waals surface area contributed by atoms with Crippen molar-refractivity contribution in [3.05, 3.63) is 44.7 Å². The van der Waals surface area contributed by atoms with E-state index in [0.717, 1.165) is 19.4 Å². The minimum atomic E-state index is -1.75. The molecule has 2 heteroatoms. The van der Waals surface area contributed by atoms with Crippen molar-refractivity contribution in [2.45, 2.75) is 19.8 Å². The van der Waals surface area contributed by atoms with E-state index in [9.17, 15) is 0 Å². The van der Waals surface area contributed by atoms with Crippen LogP contribution in [0.5, 0.6) is 0 Å². The molecule has 0 aromatic rings. The summed E-state index contributed by atoms with van der Waals surface area (Å²) in [4.78, 5) is 0. The van der Waals surface area contributed by atoms with E-state index in [2.05, 4.69) is 43.4 Å². The van der Waals surface area contributed by atoms with E-state index in [0.29, 0.717) is 0 Å². The summed E-state index contributed by atoms with van der Waals surface area (Å²) in [5, 5.41) is 0. The molecule has 0 unspecified atom stereocenters. The fourth-order valence-corrected chi connectivity index (χ4v) is 7.20. The Labute approximate surface area is 91.3 Å². The van der Waals surface area contributed by atoms with E-state index < -0.39 is 16.6 Å². The molecule has 0 aromatic carbocycles. The van der Waals surface area contributed by atoms with E-state index in [1.165, 1.54) is 0 Å². The van der Waals surface area contributed by atoms with Crippen molar-refractivity contribution in [3.8, 4) is 0 Å². The molecule has 0 aromatic heterocycles. The first-order valence-electron chi connectivity index (χ1n) is 5.24. The second-order valence-electron chi connectivity index (χ2n) is 3.58. The van der Waals surface area contributed by atoms with Crippen molar-refractivity contribution < 1.29 is 3.53 Å². The first kappa shape index (κ1) is 10.1. The monoisotopic (exact) mass is 244 g/mol. The van der Waals surface area contributed by atoms with Crippen molar-refractivity contribution in [1.82, 2.24) is 0 Å². The Balaban J connectivity index is 2.07. The number of rotatable bonds is 4. The maximum absolute atomic E-state index is 5.98. The summed E-state index contributed by atoms with van der Waals surface area (Å²) in [5.41, 5.74) is 0. The van der Waals surface area contributed by atoms with Gasteiger partial charge in [0.1, 0.15) is 0 Å². The molecule has 0 saturated heterocycles. The van der Waals surface area contributed by atoms with Crippen molar-refractivity contribution in [2.75, 3.05) is 6.61 Å². The standard InChI is InChI=1S/2C5H5.C2H5O.Ga/c2*1-2-4-5-3-1;1-2-3;/h2*1-3H,4H2;2H2,1H3;/q;;-1;+1. The van der Waals surface area contributed by atoms with Crippen LogP contribution in [0.3, 0.4) is 0 Å². The Kier molecular flexibility index (Phi) is 3.51. The molecule has 14 heavy (non-hydrogen) atoms. The average Bonchev–Trinajstić information content (AvgIpc) is 2.87. The third-order valence-electron chi connectivity index (χ3n) is 2.61. The van der Waals surface area contributed by atoms with Gasteiger partial charge in [-0.1, -0.05) is 0 Å². The molecular weight excluding hydrogens is 230 g/mol. The number of hydrogen-bond acceptors (Lipinski definition) is 1. The summed E-state index contributed by atoms with van der Waals surface area (Å²) in [7, 11) is 0. The van der Waals surface area contributed by atoms with Crippen molar-refractivity contribution in [3.63, 3.8) is 0 Å². The second-order valence-corrected chi connectivity index (χ2v) is 8.99. The van der Waals surface area contributed by atoms with Crippen LogP contribution in [0, 0.1) is 0 Å². The normalized spacial score (nSPS) is 18.6. The first-order valence-corrected chi connectivity index (χ1v) is 8.65. The molecule has 0 heterocycles. The molecule has 0 aliphatic heterocycles. The first-order chi connectivity index (χ1) is 6.92. The van der Waals surface area contributed by atoms with Crippen LogP contribution in [0.25, 0.3) is 0 Å². The van der Waals surface area contributed by atoms with Crippen molar-refractivity contribution in [1.29, 1.82) is 0 Å². The fourth-order valence-electron chi connectivity index (χ4n) is 1.94. The van der Waals surface area contributed by atoms with Gasteiger partial charge in [-0.3, -0.25) is 0 Å². The molecule has 2 aliphatic rings. The molecule has 0 N–H and O–H groups in total. The van der Waals surface area contributed by atoms with Crippen LogP contribution in [-0.2, 0) is 3.53 Å². The van der Waals surface area contributed by atoms with E-state index in [1.807, 2.05) is 0 Å². The Bertz CT molecular complexity index is 293. The SMILES string of the molecule is CC[O][Ga]([C]1=CC=CC1)[C]1=CC=CC1. The summed E-state index contributed by atoms with van der Waals surface area (Å²) < 4.78 is 9.14. The van der Waals surface area contributed by atoms with Crippen LogP contribution in [0.15, 0.2) is 44.7 Å². The van der Waals surface area contributed by atoms with Crippen LogP contribution < -0.4 is 0 Å². The topological polar surface area (TPSA) is 9.23 Å². The molecule has 1 nitrogen and oxygen atoms in total. The van der Waals surface area contributed by atoms with Crippen LogP contribution in [0.2, 0.25) is 0 Å². The van der Waals surface area contributed by atoms with Crippen LogP contribution in [-0.4, -0.2) is 23.2 Å². The molecule has 0 spiro atoms. The van der Waals surface area contributed by atoms with Gasteiger partial charge in [0, 0.05) is 0 Å². The number of hydrogen-bond donors (Lipinski definition) is 0. The van der Waals surface area contributed by atoms with Gasteiger partial charge in [0.25, 0.3) is 0 Å². The minimum absolute atomic E-state index is 0.860. The van der Waals surface area contributed by atoms with Crippen molar-refractivity contribution >= 4 is 16.6 Å². The maximum atomic E-state index is 5.98. The molecule has 0 saturated carbocycles. The van der Waals surface area contributed by atoms with E-state index in [4.69, 9.17) is 3.53 Å². The Morgan fingerprint density at radius 3 is 2.07 bits per heavy atom. The predicted molar refractivity (Wildman–Crippen MR) is 61.1 cm³/mol. The van der Waals surface area contributed by atoms with E-state index in [1.54, 1.807) is 8.25 Å². The Hall–Kier alpha value is -0.444. The van der Waals surface area contributed by atoms with Gasteiger partial charge in [0.15, 0.2) is 0 Å². The zero-order valence-corrected chi connectivity index (χ0v) is 11.0. The van der Waals surface area contributed by atoms with Crippen LogP contribution in [0.1, 0.15) is 19.8 Å². The van der Waals surface area contributed by atoms with Gasteiger partial charge in [0.2, 0.25) is 0 Å². The fraction of sp³-hybridized carbons (Fsp3) is 0.333. The Morgan fingerprint density at radius 1 is 1.14 bits per heavy atom. The van der Waals surface area contributed by atoms with E-state index >= 15 is 0 Å². The molecule has 2 aliphatic carbocycles. The number of allylic oxidation sites excluding steroid dienone is 8. The molecule has 0 atom stereocenters. The molecule has 0 bridgehead atoms. The van der Waals surface area contributed by atoms with Crippen molar-refractivity contribution in [2.24, 2.45) is 0 Å². The molecular formula is C12H15GaO. The van der Waals surface area contributed by atoms with Gasteiger partial charge >= 0.3 is 91.2 Å². The predicted octanol–water partition coefficient (Wildman–Crippen LogP) is 2.87. The zero-order chi connectivity index (χ0) is 9.80. The van der Waals surface area contributed by atoms with Gasteiger partial charge in [-0.15, -0.1) is 0 Å². The van der Waals surface area contributed by atoms with Gasteiger partial charge in [0.05, 0.1) is 0 Å². The van der Waals surface area contributed by atoms with Crippen LogP contribution in [0.4, 0.5) is 0 Å². The summed E-state index contributed by atoms with van der Waals surface area (Å²) >= 11 is -1.75. The molecule has 72 valence electrons. The summed E-state index contributed by atoms with van der Waals surface area (Å²) in [5.74, 6) is 0. The van der Waals surface area contributed by atoms with Gasteiger partial charge in [-0.25, -0.2) is 0 Å². The average molecular weight is 245 g/mol. The molecule has 0 amide bonds.